The lowest BCUT2D eigenvalue weighted by molar-refractivity contribution is 0.483. The van der Waals surface area contributed by atoms with Crippen molar-refractivity contribution < 1.29 is 9.13 Å². The summed E-state index contributed by atoms with van der Waals surface area (Å²) in [6.07, 6.45) is 5.15. The Labute approximate surface area is 181 Å². The van der Waals surface area contributed by atoms with Gasteiger partial charge in [-0.15, -0.1) is 11.3 Å². The number of benzene rings is 2. The van der Waals surface area contributed by atoms with Crippen molar-refractivity contribution in [3.63, 3.8) is 0 Å². The minimum absolute atomic E-state index is 0.300. The molecule has 0 unspecified atom stereocenters. The van der Waals surface area contributed by atoms with Crippen LogP contribution in [-0.2, 0) is 0 Å². The molecule has 1 aliphatic heterocycles. The Morgan fingerprint density at radius 1 is 1.07 bits per heavy atom. The van der Waals surface area contributed by atoms with Crippen molar-refractivity contribution in [2.24, 2.45) is 4.99 Å². The normalized spacial score (nSPS) is 12.7. The number of aliphatic imine (C=N–C) groups is 1. The molecule has 0 radical (unpaired) electrons. The number of anilines is 2. The van der Waals surface area contributed by atoms with Crippen molar-refractivity contribution in [3.05, 3.63) is 82.8 Å². The summed E-state index contributed by atoms with van der Waals surface area (Å²) in [6, 6.07) is 13.8. The Bertz CT molecular complexity index is 1250. The van der Waals surface area contributed by atoms with Crippen LogP contribution in [0.25, 0.3) is 10.6 Å². The maximum Gasteiger partial charge on any atom is 0.139 e. The second-order valence-electron chi connectivity index (χ2n) is 6.52. The van der Waals surface area contributed by atoms with E-state index in [0.29, 0.717) is 29.0 Å². The van der Waals surface area contributed by atoms with E-state index in [1.165, 1.54) is 23.5 Å². The van der Waals surface area contributed by atoms with Crippen LogP contribution in [-0.4, -0.2) is 22.9 Å². The number of halogens is 2. The van der Waals surface area contributed by atoms with Crippen LogP contribution in [0.3, 0.4) is 0 Å². The summed E-state index contributed by atoms with van der Waals surface area (Å²) >= 11 is 7.54. The van der Waals surface area contributed by atoms with Crippen LogP contribution in [0.2, 0.25) is 5.15 Å². The van der Waals surface area contributed by atoms with Gasteiger partial charge in [-0.05, 0) is 30.3 Å². The van der Waals surface area contributed by atoms with Gasteiger partial charge in [0.05, 0.1) is 11.3 Å². The predicted octanol–water partition coefficient (Wildman–Crippen LogP) is 6.32. The number of hydrogen-bond acceptors (Lipinski definition) is 6. The molecule has 0 spiro atoms. The van der Waals surface area contributed by atoms with Gasteiger partial charge in [0, 0.05) is 47.4 Å². The van der Waals surface area contributed by atoms with Crippen LogP contribution in [0.5, 0.6) is 11.5 Å². The standard InChI is InChI=1S/C22H14ClFN4OS/c23-21-10-17(4-5-26-21)29-20-11-19-14(8-18(20)22-27-6-7-30-22)12-25-13-28(19)16-3-1-2-15(24)9-16/h1-12H,13H2. The van der Waals surface area contributed by atoms with Crippen molar-refractivity contribution in [2.45, 2.75) is 0 Å². The quantitative estimate of drug-likeness (QED) is 0.351. The summed E-state index contributed by atoms with van der Waals surface area (Å²) in [5.74, 6) is 0.878. The molecule has 5 rings (SSSR count). The lowest BCUT2D eigenvalue weighted by Crippen LogP contribution is -2.22. The second-order valence-corrected chi connectivity index (χ2v) is 7.80. The van der Waals surface area contributed by atoms with Gasteiger partial charge in [-0.2, -0.15) is 0 Å². The number of rotatable bonds is 4. The highest BCUT2D eigenvalue weighted by molar-refractivity contribution is 7.13. The summed E-state index contributed by atoms with van der Waals surface area (Å²) in [5.41, 5.74) is 3.32. The number of thiazole rings is 1. The average molecular weight is 437 g/mol. The first-order valence-corrected chi connectivity index (χ1v) is 10.3. The zero-order valence-corrected chi connectivity index (χ0v) is 17.1. The molecule has 0 N–H and O–H groups in total. The average Bonchev–Trinajstić information content (AvgIpc) is 3.28. The van der Waals surface area contributed by atoms with Gasteiger partial charge >= 0.3 is 0 Å². The lowest BCUT2D eigenvalue weighted by atomic mass is 10.1. The summed E-state index contributed by atoms with van der Waals surface area (Å²) in [5, 5.41) is 3.08. The first-order valence-electron chi connectivity index (χ1n) is 9.07. The molecule has 30 heavy (non-hydrogen) atoms. The van der Waals surface area contributed by atoms with Crippen molar-refractivity contribution >= 4 is 40.5 Å². The van der Waals surface area contributed by atoms with Gasteiger partial charge in [0.15, 0.2) is 0 Å². The topological polar surface area (TPSA) is 50.6 Å². The Morgan fingerprint density at radius 2 is 2.00 bits per heavy atom. The fourth-order valence-corrected chi connectivity index (χ4v) is 4.09. The minimum Gasteiger partial charge on any atom is -0.456 e. The van der Waals surface area contributed by atoms with Gasteiger partial charge in [-0.1, -0.05) is 17.7 Å². The van der Waals surface area contributed by atoms with Crippen molar-refractivity contribution in [3.8, 4) is 22.1 Å². The van der Waals surface area contributed by atoms with E-state index >= 15 is 0 Å². The fourth-order valence-electron chi connectivity index (χ4n) is 3.27. The molecule has 0 atom stereocenters. The monoisotopic (exact) mass is 436 g/mol. The zero-order chi connectivity index (χ0) is 20.5. The molecule has 4 aromatic rings. The van der Waals surface area contributed by atoms with E-state index in [2.05, 4.69) is 15.0 Å². The highest BCUT2D eigenvalue weighted by atomic mass is 35.5. The summed E-state index contributed by atoms with van der Waals surface area (Å²) < 4.78 is 20.0. The van der Waals surface area contributed by atoms with E-state index in [4.69, 9.17) is 16.3 Å². The van der Waals surface area contributed by atoms with Gasteiger partial charge in [0.2, 0.25) is 0 Å². The molecule has 3 heterocycles. The van der Waals surface area contributed by atoms with Gasteiger partial charge in [0.1, 0.15) is 34.1 Å². The van der Waals surface area contributed by atoms with Crippen LogP contribution in [0.15, 0.2) is 71.3 Å². The van der Waals surface area contributed by atoms with Crippen LogP contribution >= 0.6 is 22.9 Å². The van der Waals surface area contributed by atoms with Crippen molar-refractivity contribution in [1.82, 2.24) is 9.97 Å². The molecule has 0 saturated carbocycles. The van der Waals surface area contributed by atoms with E-state index < -0.39 is 0 Å². The number of nitrogens with zero attached hydrogens (tertiary/aromatic N) is 4. The molecule has 2 aromatic carbocycles. The van der Waals surface area contributed by atoms with Gasteiger partial charge in [-0.25, -0.2) is 14.4 Å². The summed E-state index contributed by atoms with van der Waals surface area (Å²) in [6.45, 7) is 0.383. The van der Waals surface area contributed by atoms with E-state index in [9.17, 15) is 4.39 Å². The third-order valence-electron chi connectivity index (χ3n) is 4.58. The number of pyridine rings is 1. The van der Waals surface area contributed by atoms with Crippen LogP contribution < -0.4 is 9.64 Å². The maximum atomic E-state index is 13.8. The lowest BCUT2D eigenvalue weighted by Gasteiger charge is -2.28. The third kappa shape index (κ3) is 3.65. The number of ether oxygens (including phenoxy) is 1. The molecule has 0 fully saturated rings. The first-order chi connectivity index (χ1) is 14.7. The van der Waals surface area contributed by atoms with Gasteiger partial charge < -0.3 is 9.64 Å². The SMILES string of the molecule is Fc1cccc(N2CN=Cc3cc(-c4nccs4)c(Oc4ccnc(Cl)c4)cc32)c1. The molecular formula is C22H14ClFN4OS. The molecule has 0 aliphatic carbocycles. The predicted molar refractivity (Wildman–Crippen MR) is 118 cm³/mol. The molecule has 5 nitrogen and oxygen atoms in total. The van der Waals surface area contributed by atoms with Crippen LogP contribution in [0.1, 0.15) is 5.56 Å². The van der Waals surface area contributed by atoms with Crippen LogP contribution in [0, 0.1) is 5.82 Å². The largest absolute Gasteiger partial charge is 0.456 e. The highest BCUT2D eigenvalue weighted by Gasteiger charge is 2.21. The third-order valence-corrected chi connectivity index (χ3v) is 5.59. The van der Waals surface area contributed by atoms with E-state index in [0.717, 1.165) is 21.8 Å². The van der Waals surface area contributed by atoms with E-state index in [-0.39, 0.29) is 5.82 Å². The Balaban J connectivity index is 1.65. The minimum atomic E-state index is -0.300. The zero-order valence-electron chi connectivity index (χ0n) is 15.5. The van der Waals surface area contributed by atoms with Crippen LogP contribution in [0.4, 0.5) is 15.8 Å². The molecule has 148 valence electrons. The molecule has 0 bridgehead atoms. The van der Waals surface area contributed by atoms with Gasteiger partial charge in [0.25, 0.3) is 0 Å². The van der Waals surface area contributed by atoms with Crippen molar-refractivity contribution in [1.29, 1.82) is 0 Å². The highest BCUT2D eigenvalue weighted by Crippen LogP contribution is 2.42. The Kier molecular flexibility index (Phi) is 4.90. The number of fused-ring (bicyclic) bond motifs is 1. The van der Waals surface area contributed by atoms with E-state index in [1.807, 2.05) is 34.7 Å². The summed E-state index contributed by atoms with van der Waals surface area (Å²) in [4.78, 5) is 14.8. The van der Waals surface area contributed by atoms with Crippen molar-refractivity contribution in [2.75, 3.05) is 11.6 Å². The molecular weight excluding hydrogens is 423 g/mol. The molecule has 2 aromatic heterocycles. The molecule has 1 aliphatic rings. The number of aromatic nitrogens is 2. The molecule has 0 saturated heterocycles. The maximum absolute atomic E-state index is 13.8. The smallest absolute Gasteiger partial charge is 0.139 e. The molecule has 0 amide bonds. The fraction of sp³-hybridized carbons (Fsp3) is 0.0455. The second kappa shape index (κ2) is 7.85. The Hall–Kier alpha value is -3.29. The van der Waals surface area contributed by atoms with E-state index in [1.54, 1.807) is 30.6 Å². The number of hydrogen-bond donors (Lipinski definition) is 0. The Morgan fingerprint density at radius 3 is 2.80 bits per heavy atom. The summed E-state index contributed by atoms with van der Waals surface area (Å²) in [7, 11) is 0. The molecule has 8 heteroatoms. The van der Waals surface area contributed by atoms with Gasteiger partial charge in [-0.3, -0.25) is 4.99 Å². The first kappa shape index (κ1) is 18.7.